The average molecular weight is 602 g/mol. The molecule has 3 aromatic carbocycles. The Morgan fingerprint density at radius 2 is 1.63 bits per heavy atom. The Morgan fingerprint density at radius 1 is 0.902 bits per heavy atom. The largest absolute Gasteiger partial charge is 0.493 e. The van der Waals surface area contributed by atoms with Crippen LogP contribution >= 0.6 is 11.8 Å². The van der Waals surface area contributed by atoms with Gasteiger partial charge in [-0.3, -0.25) is 9.59 Å². The van der Waals surface area contributed by atoms with Crippen molar-refractivity contribution in [2.24, 2.45) is 0 Å². The number of halogens is 6. The summed E-state index contributed by atoms with van der Waals surface area (Å²) in [4.78, 5) is 24.6. The summed E-state index contributed by atoms with van der Waals surface area (Å²) in [5.74, 6) is -2.02. The standard InChI is InChI=1S/C28H25F6NO5S/c1-3-39-25(36)12-17-7-9-23(38-2)24(11-17)40-22-10-8-21(14-19(22)15-41-16-27(29,30)31)35-26(37)18-5-4-6-20(13-18)28(32,33)34/h4-11,13-14H,3,12,15-16H2,1-2H3,(H,35,37). The van der Waals surface area contributed by atoms with Gasteiger partial charge in [-0.1, -0.05) is 12.1 Å². The zero-order valence-electron chi connectivity index (χ0n) is 21.8. The van der Waals surface area contributed by atoms with E-state index in [1.54, 1.807) is 19.1 Å². The van der Waals surface area contributed by atoms with Crippen LogP contribution < -0.4 is 14.8 Å². The molecule has 0 bridgehead atoms. The number of nitrogens with one attached hydrogen (secondary N) is 1. The first kappa shape index (κ1) is 31.7. The van der Waals surface area contributed by atoms with Gasteiger partial charge >= 0.3 is 18.3 Å². The third-order valence-electron chi connectivity index (χ3n) is 5.40. The molecule has 13 heteroatoms. The van der Waals surface area contributed by atoms with Crippen LogP contribution in [0.25, 0.3) is 0 Å². The summed E-state index contributed by atoms with van der Waals surface area (Å²) in [6.07, 6.45) is -9.12. The summed E-state index contributed by atoms with van der Waals surface area (Å²) in [5, 5.41) is 2.47. The lowest BCUT2D eigenvalue weighted by molar-refractivity contribution is -0.142. The van der Waals surface area contributed by atoms with Gasteiger partial charge in [0.05, 0.1) is 31.5 Å². The maximum atomic E-state index is 13.1. The molecule has 3 rings (SSSR count). The second-order valence-electron chi connectivity index (χ2n) is 8.53. The number of hydrogen-bond donors (Lipinski definition) is 1. The molecular weight excluding hydrogens is 576 g/mol. The maximum Gasteiger partial charge on any atom is 0.416 e. The second-order valence-corrected chi connectivity index (χ2v) is 9.52. The van der Waals surface area contributed by atoms with Crippen molar-refractivity contribution < 1.29 is 50.1 Å². The number of methoxy groups -OCH3 is 1. The Labute approximate surface area is 236 Å². The van der Waals surface area contributed by atoms with E-state index >= 15 is 0 Å². The van der Waals surface area contributed by atoms with Crippen LogP contribution in [0.5, 0.6) is 17.2 Å². The van der Waals surface area contributed by atoms with Gasteiger partial charge < -0.3 is 19.5 Å². The first-order valence-electron chi connectivity index (χ1n) is 12.1. The Balaban J connectivity index is 1.90. The van der Waals surface area contributed by atoms with Crippen LogP contribution in [-0.4, -0.2) is 37.5 Å². The molecule has 0 fully saturated rings. The molecule has 0 aliphatic carbocycles. The van der Waals surface area contributed by atoms with E-state index in [9.17, 15) is 35.9 Å². The van der Waals surface area contributed by atoms with E-state index in [1.165, 1.54) is 37.4 Å². The predicted octanol–water partition coefficient (Wildman–Crippen LogP) is 7.66. The van der Waals surface area contributed by atoms with E-state index in [-0.39, 0.29) is 52.8 Å². The Kier molecular flexibility index (Phi) is 10.5. The van der Waals surface area contributed by atoms with Crippen molar-refractivity contribution in [3.63, 3.8) is 0 Å². The number of rotatable bonds is 11. The van der Waals surface area contributed by atoms with Crippen molar-refractivity contribution in [2.75, 3.05) is 24.8 Å². The highest BCUT2D eigenvalue weighted by Gasteiger charge is 2.31. The molecule has 0 unspecified atom stereocenters. The van der Waals surface area contributed by atoms with Crippen molar-refractivity contribution in [1.82, 2.24) is 0 Å². The summed E-state index contributed by atoms with van der Waals surface area (Å²) in [5.41, 5.74) is -0.324. The molecule has 6 nitrogen and oxygen atoms in total. The summed E-state index contributed by atoms with van der Waals surface area (Å²) < 4.78 is 93.9. The number of ether oxygens (including phenoxy) is 3. The molecule has 1 N–H and O–H groups in total. The van der Waals surface area contributed by atoms with Gasteiger partial charge in [-0.05, 0) is 61.0 Å². The molecule has 0 aliphatic rings. The SMILES string of the molecule is CCOC(=O)Cc1ccc(OC)c(Oc2ccc(NC(=O)c3cccc(C(F)(F)F)c3)cc2CSCC(F)(F)F)c1. The lowest BCUT2D eigenvalue weighted by Crippen LogP contribution is -2.14. The third-order valence-corrected chi connectivity index (χ3v) is 6.44. The van der Waals surface area contributed by atoms with Gasteiger partial charge in [0.2, 0.25) is 0 Å². The van der Waals surface area contributed by atoms with Gasteiger partial charge in [-0.25, -0.2) is 0 Å². The van der Waals surface area contributed by atoms with Crippen LogP contribution in [0.3, 0.4) is 0 Å². The topological polar surface area (TPSA) is 73.9 Å². The molecule has 41 heavy (non-hydrogen) atoms. The third kappa shape index (κ3) is 9.62. The van der Waals surface area contributed by atoms with E-state index in [4.69, 9.17) is 14.2 Å². The number of carbonyl (C=O) groups excluding carboxylic acids is 2. The molecule has 1 amide bonds. The molecule has 0 radical (unpaired) electrons. The van der Waals surface area contributed by atoms with Crippen molar-refractivity contribution in [3.05, 3.63) is 82.9 Å². The van der Waals surface area contributed by atoms with E-state index in [1.807, 2.05) is 0 Å². The number of anilines is 1. The van der Waals surface area contributed by atoms with Gasteiger partial charge in [-0.15, -0.1) is 11.8 Å². The zero-order valence-corrected chi connectivity index (χ0v) is 22.6. The molecule has 220 valence electrons. The lowest BCUT2D eigenvalue weighted by atomic mass is 10.1. The molecule has 0 saturated heterocycles. The highest BCUT2D eigenvalue weighted by Crippen LogP contribution is 2.37. The van der Waals surface area contributed by atoms with Crippen LogP contribution in [0.1, 0.15) is 34.0 Å². The van der Waals surface area contributed by atoms with Gasteiger partial charge in [0.25, 0.3) is 5.91 Å². The smallest absolute Gasteiger partial charge is 0.416 e. The molecule has 0 aliphatic heterocycles. The number of hydrogen-bond acceptors (Lipinski definition) is 6. The number of thioether (sulfide) groups is 1. The fourth-order valence-corrected chi connectivity index (χ4v) is 4.37. The molecule has 0 aromatic heterocycles. The van der Waals surface area contributed by atoms with E-state index < -0.39 is 35.5 Å². The van der Waals surface area contributed by atoms with Gasteiger partial charge in [0.15, 0.2) is 11.5 Å². The van der Waals surface area contributed by atoms with Gasteiger partial charge in [-0.2, -0.15) is 26.3 Å². The van der Waals surface area contributed by atoms with Gasteiger partial charge in [0, 0.05) is 22.6 Å². The van der Waals surface area contributed by atoms with Crippen molar-refractivity contribution >= 4 is 29.3 Å². The van der Waals surface area contributed by atoms with E-state index in [2.05, 4.69) is 5.32 Å². The summed E-state index contributed by atoms with van der Waals surface area (Å²) in [7, 11) is 1.39. The first-order chi connectivity index (χ1) is 19.3. The Bertz CT molecular complexity index is 1380. The van der Waals surface area contributed by atoms with E-state index in [0.29, 0.717) is 23.4 Å². The quantitative estimate of drug-likeness (QED) is 0.180. The number of benzene rings is 3. The number of alkyl halides is 6. The van der Waals surface area contributed by atoms with Crippen LogP contribution in [-0.2, 0) is 27.9 Å². The molecule has 0 spiro atoms. The number of amides is 1. The normalized spacial score (nSPS) is 11.6. The minimum Gasteiger partial charge on any atom is -0.493 e. The Morgan fingerprint density at radius 3 is 2.29 bits per heavy atom. The van der Waals surface area contributed by atoms with Crippen molar-refractivity contribution in [3.8, 4) is 17.2 Å². The molecule has 3 aromatic rings. The van der Waals surface area contributed by atoms with Crippen LogP contribution in [0.4, 0.5) is 32.0 Å². The summed E-state index contributed by atoms with van der Waals surface area (Å²) >= 11 is 0.559. The maximum absolute atomic E-state index is 13.1. The van der Waals surface area contributed by atoms with Crippen molar-refractivity contribution in [1.29, 1.82) is 0 Å². The second kappa shape index (κ2) is 13.7. The van der Waals surface area contributed by atoms with Crippen LogP contribution in [0, 0.1) is 0 Å². The Hall–Kier alpha value is -3.87. The molecule has 0 saturated carbocycles. The highest BCUT2D eigenvalue weighted by molar-refractivity contribution is 7.98. The van der Waals surface area contributed by atoms with Crippen LogP contribution in [0.15, 0.2) is 60.7 Å². The fraction of sp³-hybridized carbons (Fsp3) is 0.286. The zero-order chi connectivity index (χ0) is 30.2. The minimum atomic E-state index is -4.65. The molecule has 0 heterocycles. The predicted molar refractivity (Wildman–Crippen MR) is 141 cm³/mol. The van der Waals surface area contributed by atoms with E-state index in [0.717, 1.165) is 12.1 Å². The van der Waals surface area contributed by atoms with Crippen molar-refractivity contribution in [2.45, 2.75) is 31.5 Å². The molecular formula is C28H25F6NO5S. The van der Waals surface area contributed by atoms with Gasteiger partial charge in [0.1, 0.15) is 5.75 Å². The number of carbonyl (C=O) groups is 2. The lowest BCUT2D eigenvalue weighted by Gasteiger charge is -2.17. The minimum absolute atomic E-state index is 0.0526. The average Bonchev–Trinajstić information content (AvgIpc) is 2.89. The summed E-state index contributed by atoms with van der Waals surface area (Å²) in [6.45, 7) is 1.87. The monoisotopic (exact) mass is 601 g/mol. The fourth-order valence-electron chi connectivity index (χ4n) is 3.59. The molecule has 0 atom stereocenters. The first-order valence-corrected chi connectivity index (χ1v) is 13.2. The number of esters is 1. The van der Waals surface area contributed by atoms with Crippen LogP contribution in [0.2, 0.25) is 0 Å². The summed E-state index contributed by atoms with van der Waals surface area (Å²) in [6, 6.07) is 12.7. The highest BCUT2D eigenvalue weighted by atomic mass is 32.2.